The number of carboxylic acid groups (broad SMARTS) is 1. The molecule has 7 heteroatoms. The second-order valence-electron chi connectivity index (χ2n) is 8.70. The van der Waals surface area contributed by atoms with Crippen LogP contribution in [0, 0.1) is 0 Å². The van der Waals surface area contributed by atoms with E-state index in [1.54, 1.807) is 6.92 Å². The van der Waals surface area contributed by atoms with E-state index in [1.165, 1.54) is 77.6 Å². The minimum absolute atomic E-state index is 0.103. The zero-order valence-electron chi connectivity index (χ0n) is 23.0. The highest BCUT2D eigenvalue weighted by molar-refractivity contribution is 5.98. The van der Waals surface area contributed by atoms with Crippen LogP contribution in [0.25, 0.3) is 0 Å². The van der Waals surface area contributed by atoms with Crippen LogP contribution in [0.3, 0.4) is 0 Å². The average molecular weight is 501 g/mol. The van der Waals surface area contributed by atoms with Crippen molar-refractivity contribution in [2.24, 2.45) is 0 Å². The number of aliphatic carboxylic acids is 1. The van der Waals surface area contributed by atoms with Gasteiger partial charge >= 0.3 is 28.6 Å². The Morgan fingerprint density at radius 3 is 1.65 bits per heavy atom. The lowest BCUT2D eigenvalue weighted by Gasteiger charge is -1.99. The van der Waals surface area contributed by atoms with Crippen molar-refractivity contribution >= 4 is 34.3 Å². The maximum absolute atomic E-state index is 10.4. The Kier molecular flexibility index (Phi) is 35.0. The second-order valence-corrected chi connectivity index (χ2v) is 9.17. The molecule has 0 atom stereocenters. The van der Waals surface area contributed by atoms with Crippen molar-refractivity contribution in [2.45, 2.75) is 137 Å². The summed E-state index contributed by atoms with van der Waals surface area (Å²) in [6.45, 7) is 9.73. The summed E-state index contributed by atoms with van der Waals surface area (Å²) in [4.78, 5) is 31.0. The minimum atomic E-state index is -0.664. The van der Waals surface area contributed by atoms with Crippen molar-refractivity contribution in [3.63, 3.8) is 0 Å². The Labute approximate surface area is 218 Å². The number of hydrogen-bond donors (Lipinski definition) is 1. The lowest BCUT2D eigenvalue weighted by atomic mass is 10.1. The van der Waals surface area contributed by atoms with E-state index in [9.17, 15) is 14.4 Å². The maximum Gasteiger partial charge on any atom is 0.410 e. The molecule has 1 N–H and O–H groups in total. The first kappa shape index (κ1) is 37.4. The van der Waals surface area contributed by atoms with E-state index in [0.29, 0.717) is 19.1 Å². The first-order valence-electron chi connectivity index (χ1n) is 13.3. The summed E-state index contributed by atoms with van der Waals surface area (Å²) in [5, 5.41) is 8.51. The number of carbonyl (C=O) groups is 3. The van der Waals surface area contributed by atoms with E-state index in [4.69, 9.17) is 8.90 Å². The first-order valence-corrected chi connectivity index (χ1v) is 14.1. The topological polar surface area (TPSA) is 89.9 Å². The van der Waals surface area contributed by atoms with Gasteiger partial charge in [0.15, 0.2) is 0 Å². The molecule has 0 unspecified atom stereocenters. The van der Waals surface area contributed by atoms with Gasteiger partial charge in [-0.2, -0.15) is 0 Å². The van der Waals surface area contributed by atoms with Crippen LogP contribution < -0.4 is 0 Å². The Morgan fingerprint density at radius 1 is 0.824 bits per heavy atom. The molecule has 34 heavy (non-hydrogen) atoms. The molecule has 0 aliphatic carbocycles. The molecule has 0 rings (SSSR count). The highest BCUT2D eigenvalue weighted by Gasteiger charge is 2.03. The standard InChI is InChI=1S/C18H34O2.C6H10O3.C3H7O.Al.2H/c1-2-3-4-5-6-7-8-9-10-11-12-13-14-15-16-17-18(19)20;1-3-9-6(8)4-5(2)7;1-3(2)4;;;/h9-10H,2-8,11-17H2,1H3,(H,19,20);3-4H2,1-2H3;3H,1-2H3;;;/q;;-1;+1;;/b10-9-;;;;;. The number of Topliss-reactive ketones (excluding diaryl/α,β-unsaturated/α-hetero) is 1. The Bertz CT molecular complexity index is 492. The number of unbranched alkanes of at least 4 members (excludes halogenated alkanes) is 11. The molecule has 0 amide bonds. The van der Waals surface area contributed by atoms with Crippen molar-refractivity contribution in [1.82, 2.24) is 0 Å². The maximum atomic E-state index is 10.4. The van der Waals surface area contributed by atoms with Gasteiger partial charge in [-0.15, -0.1) is 0 Å². The van der Waals surface area contributed by atoms with Crippen molar-refractivity contribution in [1.29, 1.82) is 0 Å². The van der Waals surface area contributed by atoms with Crippen LogP contribution in [0.4, 0.5) is 0 Å². The van der Waals surface area contributed by atoms with Gasteiger partial charge in [0.1, 0.15) is 12.2 Å². The van der Waals surface area contributed by atoms with Crippen molar-refractivity contribution in [2.75, 3.05) is 6.61 Å². The van der Waals surface area contributed by atoms with Gasteiger partial charge in [-0.05, 0) is 59.8 Å². The van der Waals surface area contributed by atoms with Gasteiger partial charge in [0.2, 0.25) is 0 Å². The zero-order valence-corrected chi connectivity index (χ0v) is 25.0. The van der Waals surface area contributed by atoms with E-state index in [1.807, 2.05) is 13.8 Å². The molecule has 0 aromatic carbocycles. The van der Waals surface area contributed by atoms with Crippen LogP contribution in [0.15, 0.2) is 12.2 Å². The number of carboxylic acids is 1. The van der Waals surface area contributed by atoms with E-state index < -0.39 is 11.9 Å². The number of ether oxygens (including phenoxy) is 1. The molecule has 0 radical (unpaired) electrons. The largest absolute Gasteiger partial charge is 0.504 e. The Balaban J connectivity index is -0.000000563. The highest BCUT2D eigenvalue weighted by Crippen LogP contribution is 2.09. The lowest BCUT2D eigenvalue weighted by molar-refractivity contribution is -0.145. The van der Waals surface area contributed by atoms with Crippen LogP contribution in [0.1, 0.15) is 131 Å². The van der Waals surface area contributed by atoms with E-state index in [2.05, 4.69) is 23.8 Å². The molecule has 0 fully saturated rings. The number of carbonyl (C=O) groups excluding carboxylic acids is 2. The van der Waals surface area contributed by atoms with Gasteiger partial charge in [0, 0.05) is 12.5 Å². The van der Waals surface area contributed by atoms with Gasteiger partial charge in [-0.3, -0.25) is 14.4 Å². The second kappa shape index (κ2) is 31.8. The molecule has 0 bridgehead atoms. The third-order valence-corrected chi connectivity index (χ3v) is 5.77. The molecular weight excluding hydrogens is 447 g/mol. The first-order chi connectivity index (χ1) is 16.2. The van der Waals surface area contributed by atoms with Crippen molar-refractivity contribution in [3.05, 3.63) is 12.2 Å². The van der Waals surface area contributed by atoms with Gasteiger partial charge in [0.25, 0.3) is 0 Å². The monoisotopic (exact) mass is 500 g/mol. The van der Waals surface area contributed by atoms with E-state index in [0.717, 1.165) is 29.5 Å². The summed E-state index contributed by atoms with van der Waals surface area (Å²) in [6, 6.07) is 0. The smallest absolute Gasteiger partial charge is 0.410 e. The van der Waals surface area contributed by atoms with Gasteiger partial charge in [-0.1, -0.05) is 70.4 Å². The minimum Gasteiger partial charge on any atom is -0.504 e. The van der Waals surface area contributed by atoms with Crippen molar-refractivity contribution < 1.29 is 28.0 Å². The number of allylic oxidation sites excluding steroid dienone is 2. The number of rotatable bonds is 19. The molecular formula is C27H53AlO6. The molecule has 0 saturated carbocycles. The quantitative estimate of drug-likeness (QED) is 0.0707. The summed E-state index contributed by atoms with van der Waals surface area (Å²) in [5.41, 5.74) is 0. The molecule has 0 aromatic heterocycles. The average Bonchev–Trinajstić information content (AvgIpc) is 2.76. The summed E-state index contributed by atoms with van der Waals surface area (Å²) < 4.78 is 9.38. The molecule has 0 saturated heterocycles. The molecule has 0 spiro atoms. The molecule has 0 aliphatic heterocycles. The number of ketones is 1. The molecule has 0 aromatic rings. The third kappa shape index (κ3) is 44.5. The highest BCUT2D eigenvalue weighted by atomic mass is 27.1. The predicted octanol–water partition coefficient (Wildman–Crippen LogP) is 6.60. The van der Waals surface area contributed by atoms with Gasteiger partial charge in [-0.25, -0.2) is 0 Å². The SMILES string of the molecule is CC(C)[O][AlH2].CCCCCCCC/C=C\CCCCCCCC(=O)O.CCOC(=O)CC(C)=O. The van der Waals surface area contributed by atoms with Crippen LogP contribution in [-0.4, -0.2) is 52.2 Å². The number of hydrogen-bond acceptors (Lipinski definition) is 5. The fourth-order valence-corrected chi connectivity index (χ4v) is 2.76. The van der Waals surface area contributed by atoms with E-state index in [-0.39, 0.29) is 12.2 Å². The normalized spacial score (nSPS) is 10.3. The van der Waals surface area contributed by atoms with Crippen LogP contribution >= 0.6 is 0 Å². The Hall–Kier alpha value is -1.16. The fourth-order valence-electron chi connectivity index (χ4n) is 2.76. The third-order valence-electron chi connectivity index (χ3n) is 4.82. The van der Waals surface area contributed by atoms with Crippen LogP contribution in [0.2, 0.25) is 0 Å². The van der Waals surface area contributed by atoms with Gasteiger partial charge in [0.05, 0.1) is 6.61 Å². The summed E-state index contributed by atoms with van der Waals surface area (Å²) in [5.74, 6) is -1.26. The summed E-state index contributed by atoms with van der Waals surface area (Å²) >= 11 is 0.873. The van der Waals surface area contributed by atoms with Crippen LogP contribution in [0.5, 0.6) is 0 Å². The fraction of sp³-hybridized carbons (Fsp3) is 0.815. The van der Waals surface area contributed by atoms with Crippen LogP contribution in [-0.2, 0) is 22.9 Å². The zero-order chi connectivity index (χ0) is 26.5. The predicted molar refractivity (Wildman–Crippen MR) is 144 cm³/mol. The molecule has 6 nitrogen and oxygen atoms in total. The van der Waals surface area contributed by atoms with Crippen molar-refractivity contribution in [3.8, 4) is 0 Å². The van der Waals surface area contributed by atoms with E-state index >= 15 is 0 Å². The number of esters is 1. The van der Waals surface area contributed by atoms with Gasteiger partial charge < -0.3 is 13.6 Å². The molecule has 0 aliphatic rings. The Morgan fingerprint density at radius 2 is 1.26 bits per heavy atom. The summed E-state index contributed by atoms with van der Waals surface area (Å²) in [7, 11) is 0. The molecule has 200 valence electrons. The lowest BCUT2D eigenvalue weighted by Crippen LogP contribution is -2.07. The summed E-state index contributed by atoms with van der Waals surface area (Å²) in [6.07, 6.45) is 21.6. The molecule has 0 heterocycles.